The molecule has 12 heteroatoms. The molecule has 1 unspecified atom stereocenters. The van der Waals surface area contributed by atoms with E-state index < -0.39 is 17.1 Å². The second-order valence-corrected chi connectivity index (χ2v) is 12.9. The first-order valence-corrected chi connectivity index (χ1v) is 17.1. The molecule has 0 radical (unpaired) electrons. The van der Waals surface area contributed by atoms with Gasteiger partial charge in [-0.3, -0.25) is 14.4 Å². The summed E-state index contributed by atoms with van der Waals surface area (Å²) in [4.78, 5) is 41.5. The van der Waals surface area contributed by atoms with Crippen molar-refractivity contribution in [2.24, 2.45) is 0 Å². The van der Waals surface area contributed by atoms with Gasteiger partial charge in [-0.25, -0.2) is 0 Å². The molecule has 0 saturated heterocycles. The van der Waals surface area contributed by atoms with E-state index in [1.807, 2.05) is 36.4 Å². The molecule has 0 aliphatic heterocycles. The number of amides is 3. The van der Waals surface area contributed by atoms with E-state index in [0.717, 1.165) is 5.56 Å². The number of benzene rings is 5. The predicted molar refractivity (Wildman–Crippen MR) is 203 cm³/mol. The van der Waals surface area contributed by atoms with Gasteiger partial charge in [0.2, 0.25) is 5.91 Å². The third-order valence-electron chi connectivity index (χ3n) is 7.44. The second kappa shape index (κ2) is 17.5. The van der Waals surface area contributed by atoms with Crippen molar-refractivity contribution in [1.82, 2.24) is 5.32 Å². The van der Waals surface area contributed by atoms with E-state index in [4.69, 9.17) is 37.4 Å². The number of hydrogen-bond donors (Lipinski definition) is 3. The Morgan fingerprint density at radius 1 is 0.706 bits per heavy atom. The Morgan fingerprint density at radius 3 is 2.06 bits per heavy atom. The highest BCUT2D eigenvalue weighted by molar-refractivity contribution is 8.00. The third-order valence-corrected chi connectivity index (χ3v) is 9.25. The number of ether oxygens (including phenoxy) is 3. The number of carbonyl (C=O) groups excluding carboxylic acids is 3. The Kier molecular flexibility index (Phi) is 12.6. The molecule has 51 heavy (non-hydrogen) atoms. The van der Waals surface area contributed by atoms with Crippen molar-refractivity contribution in [3.63, 3.8) is 0 Å². The zero-order chi connectivity index (χ0) is 36.3. The fraction of sp³-hybridized carbons (Fsp3) is 0.103. The minimum absolute atomic E-state index is 0.0626. The molecule has 5 rings (SSSR count). The lowest BCUT2D eigenvalue weighted by Crippen LogP contribution is -2.30. The lowest BCUT2D eigenvalue weighted by Gasteiger charge is -2.18. The third kappa shape index (κ3) is 9.64. The average molecular weight is 743 g/mol. The Morgan fingerprint density at radius 2 is 1.37 bits per heavy atom. The van der Waals surface area contributed by atoms with Crippen LogP contribution in [0, 0.1) is 0 Å². The fourth-order valence-corrected chi connectivity index (χ4v) is 6.36. The summed E-state index contributed by atoms with van der Waals surface area (Å²) in [5.74, 6) is -0.197. The van der Waals surface area contributed by atoms with Crippen LogP contribution in [0.4, 0.5) is 11.4 Å². The Balaban J connectivity index is 1.44. The van der Waals surface area contributed by atoms with Crippen molar-refractivity contribution in [2.75, 3.05) is 32.0 Å². The van der Waals surface area contributed by atoms with Gasteiger partial charge in [0.25, 0.3) is 11.8 Å². The average Bonchev–Trinajstić information content (AvgIpc) is 3.15. The van der Waals surface area contributed by atoms with Gasteiger partial charge < -0.3 is 30.2 Å². The number of carbonyl (C=O) groups is 3. The highest BCUT2D eigenvalue weighted by atomic mass is 35.5. The van der Waals surface area contributed by atoms with Crippen LogP contribution < -0.4 is 30.2 Å². The normalized spacial score (nSPS) is 11.6. The van der Waals surface area contributed by atoms with Crippen LogP contribution in [0.25, 0.3) is 6.08 Å². The molecule has 0 bridgehead atoms. The Labute approximate surface area is 309 Å². The summed E-state index contributed by atoms with van der Waals surface area (Å²) in [6, 6.07) is 33.0. The standard InChI is InChI=1S/C39H33Cl2N3O6S/c1-48-33-23-35(50-3)34(49-2)20-26(33)19-32(44-37(45)25-13-8-5-9-14-25)38(46)42-28-15-10-16-29(22-28)51-36(24-11-6-4-7-12-24)39(47)43-31-21-27(40)17-18-30(31)41/h4-23,36H,1-3H3,(H,42,46)(H,43,47)(H,44,45)/b32-19+. The summed E-state index contributed by atoms with van der Waals surface area (Å²) in [5.41, 5.74) is 2.32. The number of thioether (sulfide) groups is 1. The van der Waals surface area contributed by atoms with Crippen LogP contribution >= 0.6 is 35.0 Å². The van der Waals surface area contributed by atoms with E-state index in [1.54, 1.807) is 78.9 Å². The molecule has 0 fully saturated rings. The topological polar surface area (TPSA) is 115 Å². The quantitative estimate of drug-likeness (QED) is 0.0816. The lowest BCUT2D eigenvalue weighted by atomic mass is 10.1. The van der Waals surface area contributed by atoms with Crippen LogP contribution in [0.15, 0.2) is 126 Å². The molecular formula is C39H33Cl2N3O6S. The minimum Gasteiger partial charge on any atom is -0.496 e. The summed E-state index contributed by atoms with van der Waals surface area (Å²) >= 11 is 13.8. The van der Waals surface area contributed by atoms with E-state index in [1.165, 1.54) is 39.2 Å². The van der Waals surface area contributed by atoms with Crippen LogP contribution in [0.2, 0.25) is 10.0 Å². The van der Waals surface area contributed by atoms with Gasteiger partial charge in [-0.15, -0.1) is 11.8 Å². The number of nitrogens with one attached hydrogen (secondary N) is 3. The van der Waals surface area contributed by atoms with E-state index in [2.05, 4.69) is 16.0 Å². The minimum atomic E-state index is -0.690. The molecule has 0 aromatic heterocycles. The molecule has 0 spiro atoms. The molecule has 0 aliphatic carbocycles. The number of methoxy groups -OCH3 is 3. The molecule has 260 valence electrons. The van der Waals surface area contributed by atoms with E-state index in [0.29, 0.717) is 54.7 Å². The van der Waals surface area contributed by atoms with Gasteiger partial charge in [0.05, 0.1) is 32.0 Å². The number of hydrogen-bond acceptors (Lipinski definition) is 7. The molecule has 5 aromatic rings. The molecular weight excluding hydrogens is 709 g/mol. The van der Waals surface area contributed by atoms with Crippen LogP contribution in [0.3, 0.4) is 0 Å². The smallest absolute Gasteiger partial charge is 0.272 e. The van der Waals surface area contributed by atoms with Gasteiger partial charge in [-0.1, -0.05) is 77.8 Å². The molecule has 0 aliphatic rings. The monoisotopic (exact) mass is 741 g/mol. The lowest BCUT2D eigenvalue weighted by molar-refractivity contribution is -0.116. The highest BCUT2D eigenvalue weighted by Gasteiger charge is 2.24. The summed E-state index contributed by atoms with van der Waals surface area (Å²) in [6.45, 7) is 0. The maximum atomic E-state index is 13.9. The van der Waals surface area contributed by atoms with Crippen molar-refractivity contribution in [3.8, 4) is 17.2 Å². The van der Waals surface area contributed by atoms with Crippen molar-refractivity contribution in [3.05, 3.63) is 148 Å². The van der Waals surface area contributed by atoms with Gasteiger partial charge >= 0.3 is 0 Å². The zero-order valence-electron chi connectivity index (χ0n) is 27.7. The van der Waals surface area contributed by atoms with E-state index in [9.17, 15) is 14.4 Å². The molecule has 0 saturated carbocycles. The second-order valence-electron chi connectivity index (χ2n) is 10.8. The van der Waals surface area contributed by atoms with Gasteiger partial charge in [0, 0.05) is 32.8 Å². The highest BCUT2D eigenvalue weighted by Crippen LogP contribution is 2.39. The van der Waals surface area contributed by atoms with Crippen molar-refractivity contribution >= 4 is 70.1 Å². The molecule has 3 N–H and O–H groups in total. The van der Waals surface area contributed by atoms with Gasteiger partial charge in [-0.05, 0) is 66.2 Å². The van der Waals surface area contributed by atoms with Gasteiger partial charge in [-0.2, -0.15) is 0 Å². The van der Waals surface area contributed by atoms with Crippen LogP contribution in [-0.2, 0) is 9.59 Å². The Bertz CT molecular complexity index is 2060. The summed E-state index contributed by atoms with van der Waals surface area (Å²) in [6.07, 6.45) is 1.49. The molecule has 3 amide bonds. The number of halogens is 2. The van der Waals surface area contributed by atoms with E-state index in [-0.39, 0.29) is 11.6 Å². The molecule has 9 nitrogen and oxygen atoms in total. The molecule has 0 heterocycles. The SMILES string of the molecule is COc1cc(OC)c(OC)cc1/C=C(/NC(=O)c1ccccc1)C(=O)Nc1cccc(SC(C(=O)Nc2cc(Cl)ccc2Cl)c2ccccc2)c1. The van der Waals surface area contributed by atoms with Crippen LogP contribution in [-0.4, -0.2) is 39.1 Å². The molecule has 5 aromatic carbocycles. The van der Waals surface area contributed by atoms with E-state index >= 15 is 0 Å². The molecule has 1 atom stereocenters. The summed E-state index contributed by atoms with van der Waals surface area (Å²) in [7, 11) is 4.48. The zero-order valence-corrected chi connectivity index (χ0v) is 30.1. The first-order valence-electron chi connectivity index (χ1n) is 15.5. The first-order chi connectivity index (χ1) is 24.7. The van der Waals surface area contributed by atoms with Gasteiger partial charge in [0.1, 0.15) is 16.7 Å². The predicted octanol–water partition coefficient (Wildman–Crippen LogP) is 8.90. The first kappa shape index (κ1) is 36.9. The van der Waals surface area contributed by atoms with Crippen molar-refractivity contribution in [1.29, 1.82) is 0 Å². The van der Waals surface area contributed by atoms with Crippen LogP contribution in [0.1, 0.15) is 26.7 Å². The van der Waals surface area contributed by atoms with Crippen LogP contribution in [0.5, 0.6) is 17.2 Å². The summed E-state index contributed by atoms with van der Waals surface area (Å²) in [5, 5.41) is 8.60. The summed E-state index contributed by atoms with van der Waals surface area (Å²) < 4.78 is 16.4. The van der Waals surface area contributed by atoms with Crippen molar-refractivity contribution in [2.45, 2.75) is 10.1 Å². The fourth-order valence-electron chi connectivity index (χ4n) is 4.94. The maximum Gasteiger partial charge on any atom is 0.272 e. The Hall–Kier alpha value is -5.42. The van der Waals surface area contributed by atoms with Crippen molar-refractivity contribution < 1.29 is 28.6 Å². The maximum absolute atomic E-state index is 13.9. The number of anilines is 2. The largest absolute Gasteiger partial charge is 0.496 e. The van der Waals surface area contributed by atoms with Gasteiger partial charge in [0.15, 0.2) is 11.5 Å². The number of rotatable bonds is 13.